The van der Waals surface area contributed by atoms with Crippen LogP contribution >= 0.6 is 0 Å². The molecule has 2 aromatic rings. The van der Waals surface area contributed by atoms with Crippen LogP contribution in [0, 0.1) is 0 Å². The minimum atomic E-state index is -0.492. The molecule has 0 fully saturated rings. The van der Waals surface area contributed by atoms with Gasteiger partial charge in [0.25, 0.3) is 0 Å². The zero-order valence-electron chi connectivity index (χ0n) is 13.3. The van der Waals surface area contributed by atoms with E-state index in [1.165, 1.54) is 23.7 Å². The van der Waals surface area contributed by atoms with Gasteiger partial charge in [0.15, 0.2) is 0 Å². The fourth-order valence-electron chi connectivity index (χ4n) is 2.87. The predicted octanol–water partition coefficient (Wildman–Crippen LogP) is 2.74. The molecule has 1 aromatic carbocycles. The van der Waals surface area contributed by atoms with Gasteiger partial charge in [0.05, 0.1) is 5.56 Å². The van der Waals surface area contributed by atoms with Crippen LogP contribution < -0.4 is 10.5 Å². The molecule has 0 bridgehead atoms. The van der Waals surface area contributed by atoms with Crippen LogP contribution in [0.5, 0.6) is 11.6 Å². The quantitative estimate of drug-likeness (QED) is 0.922. The summed E-state index contributed by atoms with van der Waals surface area (Å²) in [6.45, 7) is 5.42. The maximum Gasteiger partial charge on any atom is 0.250 e. The van der Waals surface area contributed by atoms with E-state index in [1.54, 1.807) is 12.1 Å². The highest BCUT2D eigenvalue weighted by atomic mass is 16.5. The number of benzene rings is 1. The number of hydrogen-bond acceptors (Lipinski definition) is 4. The van der Waals surface area contributed by atoms with E-state index in [2.05, 4.69) is 28.9 Å². The maximum absolute atomic E-state index is 11.1. The molecule has 0 unspecified atom stereocenters. The minimum absolute atomic E-state index is 0.373. The first-order valence-electron chi connectivity index (χ1n) is 7.93. The first-order valence-corrected chi connectivity index (χ1v) is 7.93. The average Bonchev–Trinajstić information content (AvgIpc) is 2.55. The summed E-state index contributed by atoms with van der Waals surface area (Å²) in [5.41, 5.74) is 8.29. The smallest absolute Gasteiger partial charge is 0.250 e. The Morgan fingerprint density at radius 1 is 1.30 bits per heavy atom. The summed E-state index contributed by atoms with van der Waals surface area (Å²) in [6, 6.07) is 9.46. The van der Waals surface area contributed by atoms with E-state index < -0.39 is 5.91 Å². The number of carbonyl (C=O) groups is 1. The van der Waals surface area contributed by atoms with Gasteiger partial charge in [-0.05, 0) is 48.7 Å². The topological polar surface area (TPSA) is 68.5 Å². The van der Waals surface area contributed by atoms with Gasteiger partial charge in [-0.25, -0.2) is 4.98 Å². The molecule has 1 aliphatic rings. The van der Waals surface area contributed by atoms with Crippen LogP contribution in [0.3, 0.4) is 0 Å². The van der Waals surface area contributed by atoms with Crippen molar-refractivity contribution in [3.8, 4) is 11.6 Å². The number of nitrogens with zero attached hydrogens (tertiary/aromatic N) is 2. The van der Waals surface area contributed by atoms with Crippen molar-refractivity contribution in [1.29, 1.82) is 0 Å². The van der Waals surface area contributed by atoms with Crippen molar-refractivity contribution in [2.24, 2.45) is 5.73 Å². The number of fused-ring (bicyclic) bond motifs is 1. The van der Waals surface area contributed by atoms with Crippen LogP contribution in [0.15, 0.2) is 36.5 Å². The Morgan fingerprint density at radius 3 is 2.87 bits per heavy atom. The molecule has 2 heterocycles. The Kier molecular flexibility index (Phi) is 4.57. The van der Waals surface area contributed by atoms with Crippen LogP contribution in [0.1, 0.15) is 34.8 Å². The molecule has 0 atom stereocenters. The lowest BCUT2D eigenvalue weighted by atomic mass is 9.99. The van der Waals surface area contributed by atoms with Gasteiger partial charge in [0.2, 0.25) is 11.8 Å². The molecule has 23 heavy (non-hydrogen) atoms. The summed E-state index contributed by atoms with van der Waals surface area (Å²) in [5.74, 6) is 0.728. The summed E-state index contributed by atoms with van der Waals surface area (Å²) >= 11 is 0. The fourth-order valence-corrected chi connectivity index (χ4v) is 2.87. The summed E-state index contributed by atoms with van der Waals surface area (Å²) < 4.78 is 5.79. The number of nitrogens with two attached hydrogens (primary N) is 1. The van der Waals surface area contributed by atoms with Gasteiger partial charge in [-0.2, -0.15) is 0 Å². The number of carbonyl (C=O) groups excluding carboxylic acids is 1. The van der Waals surface area contributed by atoms with Gasteiger partial charge in [-0.3, -0.25) is 9.69 Å². The first-order chi connectivity index (χ1) is 11.2. The molecule has 0 saturated carbocycles. The van der Waals surface area contributed by atoms with Crippen molar-refractivity contribution in [2.75, 3.05) is 13.1 Å². The Bertz CT molecular complexity index is 698. The zero-order chi connectivity index (χ0) is 16.2. The van der Waals surface area contributed by atoms with Crippen LogP contribution in [0.4, 0.5) is 0 Å². The number of ether oxygens (including phenoxy) is 1. The Balaban J connectivity index is 1.74. The normalized spacial score (nSPS) is 14.3. The summed E-state index contributed by atoms with van der Waals surface area (Å²) in [4.78, 5) is 17.6. The van der Waals surface area contributed by atoms with Crippen molar-refractivity contribution in [3.63, 3.8) is 0 Å². The van der Waals surface area contributed by atoms with E-state index in [0.717, 1.165) is 31.8 Å². The molecule has 2 N–H and O–H groups in total. The second-order valence-electron chi connectivity index (χ2n) is 5.81. The summed E-state index contributed by atoms with van der Waals surface area (Å²) in [5, 5.41) is 0. The molecule has 0 aliphatic carbocycles. The molecular formula is C18H21N3O2. The number of amides is 1. The third-order valence-electron chi connectivity index (χ3n) is 4.05. The van der Waals surface area contributed by atoms with Crippen LogP contribution in [0.2, 0.25) is 0 Å². The monoisotopic (exact) mass is 311 g/mol. The first kappa shape index (κ1) is 15.5. The van der Waals surface area contributed by atoms with Crippen LogP contribution in [0.25, 0.3) is 0 Å². The molecule has 3 rings (SSSR count). The van der Waals surface area contributed by atoms with E-state index in [1.807, 2.05) is 6.07 Å². The number of aromatic nitrogens is 1. The van der Waals surface area contributed by atoms with Gasteiger partial charge in [-0.1, -0.05) is 13.0 Å². The average molecular weight is 311 g/mol. The highest BCUT2D eigenvalue weighted by Crippen LogP contribution is 2.26. The van der Waals surface area contributed by atoms with Crippen molar-refractivity contribution < 1.29 is 9.53 Å². The third kappa shape index (κ3) is 3.68. The van der Waals surface area contributed by atoms with Crippen molar-refractivity contribution >= 4 is 5.91 Å². The maximum atomic E-state index is 11.1. The second-order valence-corrected chi connectivity index (χ2v) is 5.81. The van der Waals surface area contributed by atoms with Crippen molar-refractivity contribution in [1.82, 2.24) is 9.88 Å². The van der Waals surface area contributed by atoms with E-state index in [9.17, 15) is 4.79 Å². The largest absolute Gasteiger partial charge is 0.439 e. The molecule has 0 radical (unpaired) electrons. The molecule has 1 aliphatic heterocycles. The van der Waals surface area contributed by atoms with Gasteiger partial charge in [-0.15, -0.1) is 0 Å². The molecule has 0 spiro atoms. The lowest BCUT2D eigenvalue weighted by Crippen LogP contribution is -2.31. The number of rotatable bonds is 5. The van der Waals surface area contributed by atoms with Gasteiger partial charge < -0.3 is 10.5 Å². The summed E-state index contributed by atoms with van der Waals surface area (Å²) in [7, 11) is 0. The molecule has 120 valence electrons. The second kappa shape index (κ2) is 6.79. The molecule has 5 nitrogen and oxygen atoms in total. The number of primary amides is 1. The lowest BCUT2D eigenvalue weighted by molar-refractivity contribution is 0.1000. The SMILES string of the molecule is CCCN1CCc2ccc(Oc3ccc(C(N)=O)cn3)cc2C1. The third-order valence-corrected chi connectivity index (χ3v) is 4.05. The highest BCUT2D eigenvalue weighted by Gasteiger charge is 2.16. The van der Waals surface area contributed by atoms with Crippen LogP contribution in [-0.4, -0.2) is 28.9 Å². The molecule has 5 heteroatoms. The van der Waals surface area contributed by atoms with Gasteiger partial charge in [0, 0.05) is 25.4 Å². The lowest BCUT2D eigenvalue weighted by Gasteiger charge is -2.28. The Morgan fingerprint density at radius 2 is 2.17 bits per heavy atom. The van der Waals surface area contributed by atoms with Crippen LogP contribution in [-0.2, 0) is 13.0 Å². The highest BCUT2D eigenvalue weighted by molar-refractivity contribution is 5.92. The Labute approximate surface area is 136 Å². The Hall–Kier alpha value is -2.40. The van der Waals surface area contributed by atoms with E-state index in [0.29, 0.717) is 11.4 Å². The molecular weight excluding hydrogens is 290 g/mol. The minimum Gasteiger partial charge on any atom is -0.439 e. The standard InChI is InChI=1S/C18H21N3O2/c1-2-8-21-9-7-13-3-5-16(10-15(13)12-21)23-17-6-4-14(11-20-17)18(19)22/h3-6,10-11H,2,7-9,12H2,1H3,(H2,19,22). The van der Waals surface area contributed by atoms with Crippen molar-refractivity contribution in [2.45, 2.75) is 26.3 Å². The molecule has 1 amide bonds. The van der Waals surface area contributed by atoms with Gasteiger partial charge >= 0.3 is 0 Å². The predicted molar refractivity (Wildman–Crippen MR) is 88.5 cm³/mol. The fraction of sp³-hybridized carbons (Fsp3) is 0.333. The van der Waals surface area contributed by atoms with E-state index in [-0.39, 0.29) is 0 Å². The number of hydrogen-bond donors (Lipinski definition) is 1. The van der Waals surface area contributed by atoms with E-state index in [4.69, 9.17) is 10.5 Å². The van der Waals surface area contributed by atoms with Crippen molar-refractivity contribution in [3.05, 3.63) is 53.2 Å². The zero-order valence-corrected chi connectivity index (χ0v) is 13.3. The van der Waals surface area contributed by atoms with Gasteiger partial charge in [0.1, 0.15) is 5.75 Å². The summed E-state index contributed by atoms with van der Waals surface area (Å²) in [6.07, 6.45) is 3.68. The number of pyridine rings is 1. The van der Waals surface area contributed by atoms with E-state index >= 15 is 0 Å². The molecule has 1 aromatic heterocycles. The molecule has 0 saturated heterocycles.